The van der Waals surface area contributed by atoms with Gasteiger partial charge >= 0.3 is 40.3 Å². The van der Waals surface area contributed by atoms with Crippen LogP contribution < -0.4 is 22.9 Å². The molecular formula is C76H94ClF3N20O36P2. The van der Waals surface area contributed by atoms with Crippen molar-refractivity contribution in [3.8, 4) is 49.4 Å². The van der Waals surface area contributed by atoms with E-state index in [4.69, 9.17) is 163 Å². The van der Waals surface area contributed by atoms with Crippen LogP contribution >= 0.6 is 27.2 Å². The van der Waals surface area contributed by atoms with Gasteiger partial charge in [0.2, 0.25) is 38.4 Å². The second-order valence-electron chi connectivity index (χ2n) is 30.9. The van der Waals surface area contributed by atoms with Crippen molar-refractivity contribution in [3.63, 3.8) is 0 Å². The van der Waals surface area contributed by atoms with Crippen molar-refractivity contribution in [2.45, 2.75) is 187 Å². The van der Waals surface area contributed by atoms with E-state index in [2.05, 4.69) is 81.1 Å². The summed E-state index contributed by atoms with van der Waals surface area (Å²) in [4.78, 5) is 95.2. The summed E-state index contributed by atoms with van der Waals surface area (Å²) in [6.45, 7) is -1.27. The van der Waals surface area contributed by atoms with E-state index in [0.29, 0.717) is 11.2 Å². The highest BCUT2D eigenvalue weighted by Crippen LogP contribution is 2.59. The van der Waals surface area contributed by atoms with Gasteiger partial charge in [0.1, 0.15) is 97.4 Å². The number of carbonyl (C=O) groups is 4. The number of nitrogens with zero attached hydrogens (tertiary/aromatic N) is 16. The predicted octanol–water partition coefficient (Wildman–Crippen LogP) is 2.11. The van der Waals surface area contributed by atoms with E-state index in [-0.39, 0.29) is 56.8 Å². The number of aliphatic hydroxyl groups excluding tert-OH is 4. The minimum Gasteiger partial charge on any atom is -0.432 e. The summed E-state index contributed by atoms with van der Waals surface area (Å²) in [5.74, 6) is 8.97. The number of halogens is 4. The third-order valence-corrected chi connectivity index (χ3v) is 23.7. The van der Waals surface area contributed by atoms with Gasteiger partial charge in [-0.3, -0.25) is 27.3 Å². The molecule has 0 spiro atoms. The molecule has 8 aromatic rings. The number of hydrogen-bond acceptors (Lipinski definition) is 52. The number of aliphatic hydroxyl groups is 6. The van der Waals surface area contributed by atoms with E-state index in [1.165, 1.54) is 93.6 Å². The first-order valence-corrected chi connectivity index (χ1v) is 43.7. The molecular weight excluding hydrogens is 1920 g/mol. The fourth-order valence-electron chi connectivity index (χ4n) is 14.1. The molecule has 56 nitrogen and oxygen atoms in total. The van der Waals surface area contributed by atoms with E-state index in [1.807, 2.05) is 11.8 Å². The van der Waals surface area contributed by atoms with Crippen molar-refractivity contribution < 1.29 is 185 Å². The first-order valence-electron chi connectivity index (χ1n) is 40.2. The third-order valence-electron chi connectivity index (χ3n) is 20.6. The molecule has 14 rings (SSSR count). The highest BCUT2D eigenvalue weighted by molar-refractivity contribution is 7.48. The Balaban J connectivity index is 0.000000183. The van der Waals surface area contributed by atoms with Crippen molar-refractivity contribution in [1.82, 2.24) is 78.1 Å². The molecule has 0 bridgehead atoms. The van der Waals surface area contributed by atoms with Gasteiger partial charge in [-0.2, -0.15) is 0 Å². The van der Waals surface area contributed by atoms with Crippen LogP contribution in [0.1, 0.15) is 80.3 Å². The minimum absolute atomic E-state index is 0.0159. The lowest BCUT2D eigenvalue weighted by molar-refractivity contribution is -0.278. The van der Waals surface area contributed by atoms with Gasteiger partial charge < -0.3 is 139 Å². The fourth-order valence-corrected chi connectivity index (χ4v) is 16.3. The van der Waals surface area contributed by atoms with E-state index < -0.39 is 251 Å². The number of ether oxygens (including phenoxy) is 18. The number of nitrogen functional groups attached to an aromatic ring is 4. The number of phosphoric ester groups is 2. The number of carbonyl (C=O) groups excluding carboxylic acids is 4. The first kappa shape index (κ1) is 107. The number of methoxy groups -OCH3 is 2. The lowest BCUT2D eigenvalue weighted by Gasteiger charge is -2.32. The SMILES string of the molecule is C#C[C@@]1(O)[C@H](O)[C@@](CF)(COP(=O)(OCOC(=O)OC(C)C)OCOC(=O)OC(C)C)O[C@H]1n1cnc2c(N)ncnc21.C#C[C@@]1(O)[C@H](O)[C@](CO)(CF)O[C@H]1n1cnc2c(N)ncnc21.C#C[C@@]12OC(OC)O[C@@H]1[C@@](CCl)(COP(=O)(OCOC(=O)OC(C)C)OCOC(=O)OC(C)C)O[C@H]2n1cnc2c(N)ncnc21.C#C[C@@]12OC(OC)O[C@@H]1[C@](CO)(CF)O[C@H]2n1cnc2c(N)ncnc21. The number of terminal acetylenes is 4. The van der Waals surface area contributed by atoms with Crippen LogP contribution in [0.5, 0.6) is 0 Å². The number of alkyl halides is 4. The summed E-state index contributed by atoms with van der Waals surface area (Å²) in [5, 5.41) is 62.4. The second kappa shape index (κ2) is 43.8. The Morgan fingerprint density at radius 1 is 0.435 bits per heavy atom. The topological polar surface area (TPSA) is 724 Å². The molecule has 2 unspecified atom stereocenters. The Morgan fingerprint density at radius 3 is 0.986 bits per heavy atom. The zero-order valence-corrected chi connectivity index (χ0v) is 76.8. The summed E-state index contributed by atoms with van der Waals surface area (Å²) < 4.78 is 200. The van der Waals surface area contributed by atoms with Gasteiger partial charge in [-0.1, -0.05) is 23.7 Å². The maximum Gasteiger partial charge on any atom is 0.510 e. The predicted molar refractivity (Wildman–Crippen MR) is 451 cm³/mol. The molecule has 138 heavy (non-hydrogen) atoms. The summed E-state index contributed by atoms with van der Waals surface area (Å²) in [6, 6.07) is 0. The Kier molecular flexibility index (Phi) is 33.9. The van der Waals surface area contributed by atoms with Crippen molar-refractivity contribution >= 4 is 120 Å². The zero-order valence-electron chi connectivity index (χ0n) is 74.3. The average molecular weight is 2020 g/mol. The molecule has 14 heterocycles. The number of fused-ring (bicyclic) bond motifs is 6. The summed E-state index contributed by atoms with van der Waals surface area (Å²) in [7, 11) is -7.02. The van der Waals surface area contributed by atoms with Crippen LogP contribution in [0.4, 0.5) is 55.6 Å². The molecule has 18 atom stereocenters. The smallest absolute Gasteiger partial charge is 0.432 e. The van der Waals surface area contributed by atoms with Gasteiger partial charge in [0, 0.05) is 14.2 Å². The number of rotatable bonds is 34. The lowest BCUT2D eigenvalue weighted by atomic mass is 9.87. The first-order chi connectivity index (χ1) is 65.5. The van der Waals surface area contributed by atoms with E-state index in [9.17, 15) is 72.1 Å². The Labute approximate surface area is 782 Å². The molecule has 8 aromatic heterocycles. The average Bonchev–Trinajstić information content (AvgIpc) is 1.54. The van der Waals surface area contributed by atoms with Crippen molar-refractivity contribution in [2.24, 2.45) is 0 Å². The van der Waals surface area contributed by atoms with Crippen LogP contribution in [0.3, 0.4) is 0 Å². The maximum absolute atomic E-state index is 14.7. The minimum atomic E-state index is -4.92. The van der Waals surface area contributed by atoms with Crippen molar-refractivity contribution in [3.05, 3.63) is 50.6 Å². The highest BCUT2D eigenvalue weighted by Gasteiger charge is 2.74. The monoisotopic (exact) mass is 2020 g/mol. The number of aromatic nitrogens is 16. The van der Waals surface area contributed by atoms with Crippen LogP contribution in [0.15, 0.2) is 50.6 Å². The number of hydrogen-bond donors (Lipinski definition) is 10. The molecule has 6 aliphatic rings. The molecule has 6 fully saturated rings. The van der Waals surface area contributed by atoms with E-state index in [1.54, 1.807) is 27.7 Å². The van der Waals surface area contributed by atoms with Gasteiger partial charge in [0.15, 0.2) is 98.8 Å². The second-order valence-corrected chi connectivity index (χ2v) is 34.5. The lowest BCUT2D eigenvalue weighted by Crippen LogP contribution is -2.53. The highest BCUT2D eigenvalue weighted by atomic mass is 35.5. The van der Waals surface area contributed by atoms with Crippen molar-refractivity contribution in [1.29, 1.82) is 0 Å². The molecule has 752 valence electrons. The quantitative estimate of drug-likeness (QED) is 0.00689. The Bertz CT molecular complexity index is 5860. The number of anilines is 4. The van der Waals surface area contributed by atoms with Gasteiger partial charge in [-0.25, -0.2) is 119 Å². The van der Waals surface area contributed by atoms with Gasteiger partial charge in [0.05, 0.1) is 82.0 Å². The third kappa shape index (κ3) is 21.3. The summed E-state index contributed by atoms with van der Waals surface area (Å²) in [5.41, 5.74) is 8.57. The molecule has 14 N–H and O–H groups in total. The number of nitrogens with two attached hydrogens (primary N) is 4. The maximum atomic E-state index is 14.7. The van der Waals surface area contributed by atoms with Crippen LogP contribution in [-0.2, 0) is 122 Å². The standard InChI is InChI=1S/C25H33ClN5O14P.C23H31FN5O13P.C15H16FN5O5.C13H14FN5O4/c1-7-25-19(43-23(35-6)45-25)24(8-26,44-20(25)31-11-30-16-17(27)28-10-29-18(16)31)9-38-46(34,39-12-36-21(32)41-14(2)3)40-13-37-22(33)42-15(4)5;1-6-23(33)18(30)22(7-24,42-19(23)29-10-28-15-16(25)26-9-27-17(15)29)8-37-43(34,38-11-35-20(31)40-13(2)3)39-12-36-21(32)41-14(4)5;1-3-15-11(24-13(23-2)26-15)14(4-16,5-22)25-12(15)21-7-20-8-9(17)18-6-19-10(8)21;1-2-13(22)10(21)12(3-14,4-20)23-11(13)19-6-18-7-8(15)16-5-17-9(7)19/h1,10-11,14-15,19-20,23H,8-9,12-13H2,2-6H3,(H2,27,28,29);1,9-10,13-14,18-19,30,33H,7-8,11-12H2,2-5H3,(H2,25,26,27);1,6-7,11-13,22H,4-5H2,2H3,(H2,17,18,19);1,5-6,10-11,20-22H,3-4H2,(H2,15,16,17)/t19-,20-,23?,24-,25-;18-,19-,22-,23-;11-,12-,13?,14-,15-;10-,11-,12-,13-/m1111/s1. The van der Waals surface area contributed by atoms with Crippen LogP contribution in [0.2, 0.25) is 0 Å². The summed E-state index contributed by atoms with van der Waals surface area (Å²) in [6.07, 6.45) is 13.7. The fraction of sp³-hybridized carbons (Fsp3) is 0.579. The van der Waals surface area contributed by atoms with E-state index >= 15 is 0 Å². The molecule has 0 aliphatic carbocycles. The zero-order chi connectivity index (χ0) is 101. The molecule has 0 amide bonds. The molecule has 6 aliphatic heterocycles. The van der Waals surface area contributed by atoms with Crippen LogP contribution in [0.25, 0.3) is 44.7 Å². The number of phosphoric acid groups is 2. The molecule has 0 radical (unpaired) electrons. The number of imidazole rings is 4. The van der Waals surface area contributed by atoms with Gasteiger partial charge in [-0.15, -0.1) is 37.3 Å². The molecule has 0 saturated carbocycles. The molecule has 62 heteroatoms. The molecule has 6 saturated heterocycles. The summed E-state index contributed by atoms with van der Waals surface area (Å²) >= 11 is 6.47. The molecule has 0 aromatic carbocycles. The van der Waals surface area contributed by atoms with Crippen LogP contribution in [-0.4, -0.2) is 334 Å². The Morgan fingerprint density at radius 2 is 0.710 bits per heavy atom. The Hall–Kier alpha value is -11.6. The van der Waals surface area contributed by atoms with Gasteiger partial charge in [0.25, 0.3) is 13.0 Å². The largest absolute Gasteiger partial charge is 0.510 e. The van der Waals surface area contributed by atoms with Gasteiger partial charge in [-0.05, 0) is 55.4 Å². The normalized spacial score (nSPS) is 28.5. The van der Waals surface area contributed by atoms with Crippen molar-refractivity contribution in [2.75, 3.05) is 117 Å². The van der Waals surface area contributed by atoms with E-state index in [0.717, 1.165) is 17.2 Å². The van der Waals surface area contributed by atoms with Crippen LogP contribution in [0, 0.1) is 49.4 Å².